The largest absolute Gasteiger partial charge is 0.365 e. The fourth-order valence-electron chi connectivity index (χ4n) is 5.11. The highest BCUT2D eigenvalue weighted by Crippen LogP contribution is 2.28. The summed E-state index contributed by atoms with van der Waals surface area (Å²) in [6, 6.07) is 4.93. The Morgan fingerprint density at radius 3 is 2.69 bits per heavy atom. The molecule has 2 aliphatic rings. The molecule has 0 radical (unpaired) electrons. The first-order chi connectivity index (χ1) is 17.0. The highest BCUT2D eigenvalue weighted by molar-refractivity contribution is 5.98. The summed E-state index contributed by atoms with van der Waals surface area (Å²) in [5.74, 6) is -1.16. The number of likely N-dealkylation sites (tertiary alicyclic amines) is 1. The minimum absolute atomic E-state index is 0.0238. The van der Waals surface area contributed by atoms with Crippen LogP contribution in [0.25, 0.3) is 11.0 Å². The van der Waals surface area contributed by atoms with Crippen LogP contribution in [0.1, 0.15) is 48.9 Å². The number of nitrogens with zero attached hydrogens (tertiary/aromatic N) is 4. The predicted octanol–water partition coefficient (Wildman–Crippen LogP) is 3.19. The summed E-state index contributed by atoms with van der Waals surface area (Å²) in [5, 5.41) is 7.22. The molecule has 0 bridgehead atoms. The molecule has 5 rings (SSSR count). The van der Waals surface area contributed by atoms with Crippen LogP contribution in [0, 0.1) is 5.82 Å². The van der Waals surface area contributed by atoms with Gasteiger partial charge in [0, 0.05) is 36.8 Å². The molecule has 10 heteroatoms. The van der Waals surface area contributed by atoms with E-state index in [0.29, 0.717) is 5.69 Å². The Kier molecular flexibility index (Phi) is 6.83. The molecule has 6 N–H and O–H groups in total. The maximum atomic E-state index is 14.8. The van der Waals surface area contributed by atoms with Gasteiger partial charge >= 0.3 is 0 Å². The molecule has 1 saturated carbocycles. The van der Waals surface area contributed by atoms with Crippen molar-refractivity contribution in [2.24, 2.45) is 11.5 Å². The van der Waals surface area contributed by atoms with Gasteiger partial charge in [-0.25, -0.2) is 14.4 Å². The number of aromatic nitrogens is 3. The molecule has 3 aromatic rings. The first-order valence-electron chi connectivity index (χ1n) is 12.4. The summed E-state index contributed by atoms with van der Waals surface area (Å²) in [4.78, 5) is 23.5. The third-order valence-corrected chi connectivity index (χ3v) is 7.10. The van der Waals surface area contributed by atoms with Gasteiger partial charge in [-0.3, -0.25) is 4.79 Å². The minimum Gasteiger partial charge on any atom is -0.365 e. The first-order valence-corrected chi connectivity index (χ1v) is 12.4. The quantitative estimate of drug-likeness (QED) is 0.390. The maximum Gasteiger partial charge on any atom is 0.252 e. The number of rotatable bonds is 8. The molecule has 9 nitrogen and oxygen atoms in total. The fraction of sp³-hybridized carbons (Fsp3) is 0.480. The number of nitrogens with one attached hydrogen (secondary N) is 2. The van der Waals surface area contributed by atoms with Crippen LogP contribution in [0.5, 0.6) is 0 Å². The molecular weight excluding hydrogens is 447 g/mol. The van der Waals surface area contributed by atoms with Gasteiger partial charge in [-0.1, -0.05) is 12.8 Å². The molecule has 1 aliphatic carbocycles. The van der Waals surface area contributed by atoms with Crippen LogP contribution in [0.3, 0.4) is 0 Å². The van der Waals surface area contributed by atoms with Crippen LogP contribution in [0.4, 0.5) is 21.7 Å². The summed E-state index contributed by atoms with van der Waals surface area (Å²) in [5.41, 5.74) is 13.2. The monoisotopic (exact) mass is 480 g/mol. The van der Waals surface area contributed by atoms with Crippen LogP contribution < -0.4 is 22.1 Å². The number of hydrogen-bond donors (Lipinski definition) is 4. The lowest BCUT2D eigenvalue weighted by molar-refractivity contribution is 0.100. The van der Waals surface area contributed by atoms with Crippen molar-refractivity contribution < 1.29 is 9.18 Å². The number of carbonyl (C=O) groups is 1. The number of anilines is 3. The van der Waals surface area contributed by atoms with Crippen molar-refractivity contribution in [2.45, 2.75) is 57.2 Å². The van der Waals surface area contributed by atoms with E-state index in [9.17, 15) is 9.18 Å². The minimum atomic E-state index is -0.762. The zero-order valence-electron chi connectivity index (χ0n) is 19.8. The van der Waals surface area contributed by atoms with Gasteiger partial charge in [-0.15, -0.1) is 0 Å². The van der Waals surface area contributed by atoms with E-state index in [-0.39, 0.29) is 29.3 Å². The summed E-state index contributed by atoms with van der Waals surface area (Å²) in [7, 11) is 0. The second kappa shape index (κ2) is 10.2. The number of primary amides is 1. The lowest BCUT2D eigenvalue weighted by Crippen LogP contribution is -2.43. The van der Waals surface area contributed by atoms with Crippen molar-refractivity contribution in [3.63, 3.8) is 0 Å². The van der Waals surface area contributed by atoms with Crippen molar-refractivity contribution in [3.8, 4) is 0 Å². The van der Waals surface area contributed by atoms with E-state index in [1.54, 1.807) is 6.20 Å². The summed E-state index contributed by atoms with van der Waals surface area (Å²) in [6.07, 6.45) is 10.1. The zero-order chi connectivity index (χ0) is 24.4. The lowest BCUT2D eigenvalue weighted by atomic mass is 9.91. The Morgan fingerprint density at radius 1 is 1.11 bits per heavy atom. The van der Waals surface area contributed by atoms with E-state index in [2.05, 4.69) is 30.1 Å². The molecule has 1 amide bonds. The number of nitrogens with two attached hydrogens (primary N) is 2. The molecule has 2 atom stereocenters. The topological polar surface area (TPSA) is 127 Å². The van der Waals surface area contributed by atoms with E-state index in [4.69, 9.17) is 11.5 Å². The van der Waals surface area contributed by atoms with Crippen molar-refractivity contribution in [2.75, 3.05) is 30.3 Å². The van der Waals surface area contributed by atoms with E-state index in [1.807, 2.05) is 18.3 Å². The number of carbonyl (C=O) groups excluding carboxylic acids is 1. The number of halogens is 1. The molecule has 4 heterocycles. The van der Waals surface area contributed by atoms with Crippen LogP contribution in [-0.4, -0.2) is 57.1 Å². The average molecular weight is 481 g/mol. The van der Waals surface area contributed by atoms with Gasteiger partial charge in [0.15, 0.2) is 11.6 Å². The normalized spacial score (nSPS) is 20.9. The van der Waals surface area contributed by atoms with Crippen molar-refractivity contribution in [3.05, 3.63) is 42.0 Å². The molecular formula is C25H33FN8O. The maximum absolute atomic E-state index is 14.8. The standard InChI is InChI=1S/C25H33FN8O/c26-19-14-18(22(28)35)23(32-24(19)31-21-6-2-1-5-20(21)27)30-17-13-16-7-10-34(25(16)29-15-17)12-11-33-8-3-4-9-33/h7,10,13-15,20-21H,1-6,8-9,11-12,27H2,(H2,28,35)(H2,30,31,32). The summed E-state index contributed by atoms with van der Waals surface area (Å²) in [6.45, 7) is 4.22. The fourth-order valence-corrected chi connectivity index (χ4v) is 5.11. The van der Waals surface area contributed by atoms with E-state index >= 15 is 0 Å². The number of pyridine rings is 2. The molecule has 0 spiro atoms. The SMILES string of the molecule is NC(=O)c1cc(F)c(NC2CCCCC2N)nc1Nc1cnc2c(ccn2CCN2CCCC2)c1. The number of amides is 1. The zero-order valence-corrected chi connectivity index (χ0v) is 19.8. The smallest absolute Gasteiger partial charge is 0.252 e. The molecule has 1 aliphatic heterocycles. The molecule has 0 aromatic carbocycles. The molecule has 2 fully saturated rings. The van der Waals surface area contributed by atoms with Gasteiger partial charge in [0.2, 0.25) is 0 Å². The van der Waals surface area contributed by atoms with E-state index < -0.39 is 11.7 Å². The number of fused-ring (bicyclic) bond motifs is 1. The third-order valence-electron chi connectivity index (χ3n) is 7.10. The van der Waals surface area contributed by atoms with Gasteiger partial charge in [0.05, 0.1) is 17.4 Å². The van der Waals surface area contributed by atoms with Crippen molar-refractivity contribution in [1.29, 1.82) is 0 Å². The highest BCUT2D eigenvalue weighted by Gasteiger charge is 2.24. The molecule has 2 unspecified atom stereocenters. The third kappa shape index (κ3) is 5.23. The Bertz CT molecular complexity index is 1210. The van der Waals surface area contributed by atoms with Gasteiger partial charge < -0.3 is 31.6 Å². The Labute approximate surface area is 204 Å². The Hall–Kier alpha value is -3.24. The molecule has 186 valence electrons. The second-order valence-corrected chi connectivity index (χ2v) is 9.60. The first kappa shape index (κ1) is 23.5. The lowest BCUT2D eigenvalue weighted by Gasteiger charge is -2.30. The van der Waals surface area contributed by atoms with Crippen LogP contribution in [0.15, 0.2) is 30.6 Å². The van der Waals surface area contributed by atoms with Crippen LogP contribution in [-0.2, 0) is 6.54 Å². The van der Waals surface area contributed by atoms with Crippen LogP contribution in [0.2, 0.25) is 0 Å². The van der Waals surface area contributed by atoms with Gasteiger partial charge in [0.25, 0.3) is 5.91 Å². The van der Waals surface area contributed by atoms with Crippen LogP contribution >= 0.6 is 0 Å². The summed E-state index contributed by atoms with van der Waals surface area (Å²) < 4.78 is 16.9. The van der Waals surface area contributed by atoms with Gasteiger partial charge in [0.1, 0.15) is 11.5 Å². The van der Waals surface area contributed by atoms with Crippen molar-refractivity contribution >= 4 is 34.3 Å². The molecule has 3 aromatic heterocycles. The Balaban J connectivity index is 1.36. The number of hydrogen-bond acceptors (Lipinski definition) is 7. The molecule has 1 saturated heterocycles. The van der Waals surface area contributed by atoms with Crippen molar-refractivity contribution in [1.82, 2.24) is 19.4 Å². The van der Waals surface area contributed by atoms with E-state index in [1.165, 1.54) is 12.8 Å². The van der Waals surface area contributed by atoms with E-state index in [0.717, 1.165) is 69.0 Å². The highest BCUT2D eigenvalue weighted by atomic mass is 19.1. The Morgan fingerprint density at radius 2 is 1.91 bits per heavy atom. The predicted molar refractivity (Wildman–Crippen MR) is 135 cm³/mol. The average Bonchev–Trinajstić information content (AvgIpc) is 3.50. The molecule has 35 heavy (non-hydrogen) atoms. The van der Waals surface area contributed by atoms with Gasteiger partial charge in [-0.05, 0) is 57.0 Å². The van der Waals surface area contributed by atoms with Gasteiger partial charge in [-0.2, -0.15) is 0 Å². The summed E-state index contributed by atoms with van der Waals surface area (Å²) >= 11 is 0. The second-order valence-electron chi connectivity index (χ2n) is 9.60.